The fraction of sp³-hybridized carbons (Fsp3) is 0.360. The van der Waals surface area contributed by atoms with E-state index < -0.39 is 0 Å². The van der Waals surface area contributed by atoms with Gasteiger partial charge in [-0.25, -0.2) is 0 Å². The van der Waals surface area contributed by atoms with Crippen molar-refractivity contribution in [1.29, 1.82) is 0 Å². The highest BCUT2D eigenvalue weighted by atomic mass is 16.5. The van der Waals surface area contributed by atoms with Crippen LogP contribution in [0.5, 0.6) is 11.5 Å². The second kappa shape index (κ2) is 10.4. The van der Waals surface area contributed by atoms with Crippen LogP contribution in [0.4, 0.5) is 5.69 Å². The molecule has 3 aromatic rings. The average molecular weight is 465 g/mol. The van der Waals surface area contributed by atoms with Crippen LogP contribution in [0, 0.1) is 0 Å². The maximum absolute atomic E-state index is 13.1. The van der Waals surface area contributed by atoms with Crippen molar-refractivity contribution in [3.8, 4) is 22.9 Å². The van der Waals surface area contributed by atoms with Gasteiger partial charge in [0.25, 0.3) is 5.91 Å². The van der Waals surface area contributed by atoms with E-state index in [1.807, 2.05) is 24.3 Å². The third-order valence-electron chi connectivity index (χ3n) is 5.86. The quantitative estimate of drug-likeness (QED) is 0.560. The molecule has 2 heterocycles. The first-order chi connectivity index (χ1) is 16.5. The third kappa shape index (κ3) is 5.03. The van der Waals surface area contributed by atoms with Crippen LogP contribution in [0.25, 0.3) is 11.4 Å². The van der Waals surface area contributed by atoms with Crippen LogP contribution in [0.15, 0.2) is 47.0 Å². The standard InChI is InChI=1S/C25H28N4O5/c1-4-22(30)26-19-9-5-7-16(13-19)23-27-24(34-28-23)18-8-6-12-29(15-18)25(31)17-10-11-20(32-2)21(14-17)33-3/h5,7,9-11,13-14,18H,4,6,8,12,15H2,1-3H3,(H,26,30). The number of carbonyl (C=O) groups is 2. The number of nitrogens with one attached hydrogen (secondary N) is 1. The SMILES string of the molecule is CCC(=O)Nc1cccc(-c2noc(C3CCCN(C(=O)c4ccc(OC)c(OC)c4)C3)n2)c1. The van der Waals surface area contributed by atoms with E-state index in [0.717, 1.165) is 18.4 Å². The summed E-state index contributed by atoms with van der Waals surface area (Å²) in [5.41, 5.74) is 1.97. The van der Waals surface area contributed by atoms with Crippen LogP contribution in [0.1, 0.15) is 48.4 Å². The Morgan fingerprint density at radius 3 is 2.74 bits per heavy atom. The molecule has 0 radical (unpaired) electrons. The van der Waals surface area contributed by atoms with Crippen molar-refractivity contribution in [2.24, 2.45) is 0 Å². The molecule has 178 valence electrons. The average Bonchev–Trinajstić information content (AvgIpc) is 3.38. The molecule has 1 N–H and O–H groups in total. The highest BCUT2D eigenvalue weighted by Crippen LogP contribution is 2.31. The number of ether oxygens (including phenoxy) is 2. The Balaban J connectivity index is 1.48. The minimum atomic E-state index is -0.0789. The van der Waals surface area contributed by atoms with Gasteiger partial charge in [0, 0.05) is 36.3 Å². The minimum Gasteiger partial charge on any atom is -0.493 e. The number of likely N-dealkylation sites (tertiary alicyclic amines) is 1. The predicted molar refractivity (Wildman–Crippen MR) is 126 cm³/mol. The lowest BCUT2D eigenvalue weighted by Gasteiger charge is -2.31. The van der Waals surface area contributed by atoms with Crippen molar-refractivity contribution in [1.82, 2.24) is 15.0 Å². The molecule has 34 heavy (non-hydrogen) atoms. The normalized spacial score (nSPS) is 15.6. The first kappa shape index (κ1) is 23.3. The van der Waals surface area contributed by atoms with Crippen molar-refractivity contribution in [2.75, 3.05) is 32.6 Å². The van der Waals surface area contributed by atoms with Crippen LogP contribution in [-0.4, -0.2) is 54.2 Å². The van der Waals surface area contributed by atoms with E-state index in [-0.39, 0.29) is 17.7 Å². The van der Waals surface area contributed by atoms with Gasteiger partial charge in [0.15, 0.2) is 11.5 Å². The van der Waals surface area contributed by atoms with Gasteiger partial charge in [-0.2, -0.15) is 4.98 Å². The molecule has 1 unspecified atom stereocenters. The summed E-state index contributed by atoms with van der Waals surface area (Å²) in [4.78, 5) is 31.2. The molecule has 4 rings (SSSR count). The van der Waals surface area contributed by atoms with Gasteiger partial charge >= 0.3 is 0 Å². The molecule has 1 aromatic heterocycles. The van der Waals surface area contributed by atoms with Crippen molar-refractivity contribution in [2.45, 2.75) is 32.1 Å². The molecule has 1 aliphatic rings. The Bertz CT molecular complexity index is 1180. The second-order valence-electron chi connectivity index (χ2n) is 8.10. The highest BCUT2D eigenvalue weighted by molar-refractivity contribution is 5.95. The lowest BCUT2D eigenvalue weighted by molar-refractivity contribution is -0.115. The monoisotopic (exact) mass is 464 g/mol. The number of benzene rings is 2. The van der Waals surface area contributed by atoms with Crippen molar-refractivity contribution in [3.63, 3.8) is 0 Å². The van der Waals surface area contributed by atoms with Gasteiger partial charge in [0.05, 0.1) is 20.1 Å². The maximum atomic E-state index is 13.1. The molecular weight excluding hydrogens is 436 g/mol. The summed E-state index contributed by atoms with van der Waals surface area (Å²) in [7, 11) is 3.11. The number of hydrogen-bond acceptors (Lipinski definition) is 7. The van der Waals surface area contributed by atoms with Gasteiger partial charge in [-0.05, 0) is 43.2 Å². The van der Waals surface area contributed by atoms with Crippen LogP contribution < -0.4 is 14.8 Å². The Labute approximate surface area is 198 Å². The predicted octanol–water partition coefficient (Wildman–Crippen LogP) is 4.12. The number of rotatable bonds is 7. The minimum absolute atomic E-state index is 0.0536. The number of methoxy groups -OCH3 is 2. The summed E-state index contributed by atoms with van der Waals surface area (Å²) in [5.74, 6) is 1.85. The maximum Gasteiger partial charge on any atom is 0.254 e. The van der Waals surface area contributed by atoms with Crippen molar-refractivity contribution < 1.29 is 23.6 Å². The lowest BCUT2D eigenvalue weighted by Crippen LogP contribution is -2.39. The zero-order valence-corrected chi connectivity index (χ0v) is 19.5. The number of hydrogen-bond donors (Lipinski definition) is 1. The number of anilines is 1. The Hall–Kier alpha value is -3.88. The molecule has 0 saturated carbocycles. The van der Waals surface area contributed by atoms with Crippen molar-refractivity contribution >= 4 is 17.5 Å². The fourth-order valence-corrected chi connectivity index (χ4v) is 4.02. The van der Waals surface area contributed by atoms with E-state index in [4.69, 9.17) is 14.0 Å². The summed E-state index contributed by atoms with van der Waals surface area (Å²) < 4.78 is 16.2. The number of piperidine rings is 1. The van der Waals surface area contributed by atoms with Gasteiger partial charge in [-0.15, -0.1) is 0 Å². The third-order valence-corrected chi connectivity index (χ3v) is 5.86. The molecule has 0 aliphatic carbocycles. The summed E-state index contributed by atoms with van der Waals surface area (Å²) in [6.07, 6.45) is 2.08. The van der Waals surface area contributed by atoms with Crippen LogP contribution in [0.2, 0.25) is 0 Å². The Kier molecular flexibility index (Phi) is 7.10. The number of amides is 2. The van der Waals surface area contributed by atoms with Gasteiger partial charge in [0.1, 0.15) is 0 Å². The summed E-state index contributed by atoms with van der Waals surface area (Å²) in [6.45, 7) is 2.94. The number of carbonyl (C=O) groups excluding carboxylic acids is 2. The molecule has 2 aromatic carbocycles. The van der Waals surface area contributed by atoms with Gasteiger partial charge in [0.2, 0.25) is 17.6 Å². The molecule has 1 aliphatic heterocycles. The van der Waals surface area contributed by atoms with Crippen LogP contribution in [-0.2, 0) is 4.79 Å². The molecule has 9 nitrogen and oxygen atoms in total. The van der Waals surface area contributed by atoms with Gasteiger partial charge < -0.3 is 24.2 Å². The second-order valence-corrected chi connectivity index (χ2v) is 8.10. The largest absolute Gasteiger partial charge is 0.493 e. The molecule has 0 spiro atoms. The van der Waals surface area contributed by atoms with E-state index in [1.165, 1.54) is 0 Å². The lowest BCUT2D eigenvalue weighted by atomic mass is 9.97. The fourth-order valence-electron chi connectivity index (χ4n) is 4.02. The summed E-state index contributed by atoms with van der Waals surface area (Å²) >= 11 is 0. The molecule has 1 atom stereocenters. The van der Waals surface area contributed by atoms with Gasteiger partial charge in [-0.3, -0.25) is 9.59 Å². The molecule has 1 fully saturated rings. The zero-order chi connectivity index (χ0) is 24.1. The number of nitrogens with zero attached hydrogens (tertiary/aromatic N) is 3. The van der Waals surface area contributed by atoms with Crippen LogP contribution >= 0.6 is 0 Å². The first-order valence-electron chi connectivity index (χ1n) is 11.3. The molecule has 1 saturated heterocycles. The molecule has 9 heteroatoms. The zero-order valence-electron chi connectivity index (χ0n) is 19.5. The first-order valence-corrected chi connectivity index (χ1v) is 11.3. The van der Waals surface area contributed by atoms with E-state index in [0.29, 0.717) is 54.0 Å². The molecule has 2 amide bonds. The summed E-state index contributed by atoms with van der Waals surface area (Å²) in [5, 5.41) is 6.97. The van der Waals surface area contributed by atoms with Crippen LogP contribution in [0.3, 0.4) is 0 Å². The van der Waals surface area contributed by atoms with Gasteiger partial charge in [-0.1, -0.05) is 24.2 Å². The Morgan fingerprint density at radius 2 is 1.97 bits per heavy atom. The van der Waals surface area contributed by atoms with E-state index in [2.05, 4.69) is 15.5 Å². The number of aromatic nitrogens is 2. The van der Waals surface area contributed by atoms with E-state index in [9.17, 15) is 9.59 Å². The topological polar surface area (TPSA) is 107 Å². The van der Waals surface area contributed by atoms with E-state index in [1.54, 1.807) is 44.2 Å². The Morgan fingerprint density at radius 1 is 1.15 bits per heavy atom. The molecule has 0 bridgehead atoms. The van der Waals surface area contributed by atoms with Crippen molar-refractivity contribution in [3.05, 3.63) is 53.9 Å². The smallest absolute Gasteiger partial charge is 0.254 e. The van der Waals surface area contributed by atoms with E-state index >= 15 is 0 Å². The molecular formula is C25H28N4O5. The highest BCUT2D eigenvalue weighted by Gasteiger charge is 2.29. The summed E-state index contributed by atoms with van der Waals surface area (Å²) in [6, 6.07) is 12.5.